The quantitative estimate of drug-likeness (QED) is 0.881. The molecule has 2 rings (SSSR count). The fraction of sp³-hybridized carbons (Fsp3) is 0.333. The lowest BCUT2D eigenvalue weighted by Gasteiger charge is -2.16. The Balaban J connectivity index is 2.60. The summed E-state index contributed by atoms with van der Waals surface area (Å²) >= 11 is 5.97. The van der Waals surface area contributed by atoms with Crippen molar-refractivity contribution in [3.05, 3.63) is 67.4 Å². The number of hydrogen-bond acceptors (Lipinski definition) is 2. The minimum atomic E-state index is -0.476. The van der Waals surface area contributed by atoms with Crippen LogP contribution in [-0.4, -0.2) is 9.55 Å². The summed E-state index contributed by atoms with van der Waals surface area (Å²) in [6.07, 6.45) is 1.34. The van der Waals surface area contributed by atoms with Gasteiger partial charge in [0.2, 0.25) is 0 Å². The molecule has 0 fully saturated rings. The van der Waals surface area contributed by atoms with Crippen molar-refractivity contribution in [1.82, 2.24) is 9.55 Å². The lowest BCUT2D eigenvalue weighted by atomic mass is 10.1. The van der Waals surface area contributed by atoms with E-state index < -0.39 is 5.69 Å². The molecule has 2 aromatic rings. The fourth-order valence-electron chi connectivity index (χ4n) is 2.26. The van der Waals surface area contributed by atoms with Crippen LogP contribution in [0.4, 0.5) is 0 Å². The molecule has 1 atom stereocenters. The molecule has 0 aliphatic rings. The van der Waals surface area contributed by atoms with Crippen LogP contribution in [0.25, 0.3) is 0 Å². The summed E-state index contributed by atoms with van der Waals surface area (Å²) < 4.78 is 1.23. The fourth-order valence-corrected chi connectivity index (χ4v) is 2.52. The first-order valence-corrected chi connectivity index (χ1v) is 7.02. The first-order chi connectivity index (χ1) is 9.56. The molecule has 0 amide bonds. The second-order valence-corrected chi connectivity index (χ2v) is 5.11. The maximum absolute atomic E-state index is 12.5. The third kappa shape index (κ3) is 2.70. The Morgan fingerprint density at radius 2 is 1.90 bits per heavy atom. The van der Waals surface area contributed by atoms with Crippen LogP contribution >= 0.6 is 11.6 Å². The molecule has 4 nitrogen and oxygen atoms in total. The molecular formula is C15H17ClN2O2. The number of H-pyrrole nitrogens is 1. The van der Waals surface area contributed by atoms with Gasteiger partial charge in [-0.05, 0) is 18.9 Å². The SMILES string of the molecule is CCCc1c(Cl)[nH]c(=O)n(C(C)c2ccccc2)c1=O. The lowest BCUT2D eigenvalue weighted by molar-refractivity contribution is 0.570. The van der Waals surface area contributed by atoms with E-state index in [1.54, 1.807) is 0 Å². The van der Waals surface area contributed by atoms with Crippen LogP contribution in [-0.2, 0) is 6.42 Å². The number of benzene rings is 1. The average molecular weight is 293 g/mol. The third-order valence-electron chi connectivity index (χ3n) is 3.35. The van der Waals surface area contributed by atoms with Gasteiger partial charge in [-0.1, -0.05) is 55.3 Å². The summed E-state index contributed by atoms with van der Waals surface area (Å²) in [5, 5.41) is 0.151. The Kier molecular flexibility index (Phi) is 4.45. The van der Waals surface area contributed by atoms with Gasteiger partial charge in [0.1, 0.15) is 5.15 Å². The summed E-state index contributed by atoms with van der Waals surface area (Å²) in [7, 11) is 0. The predicted molar refractivity (Wildman–Crippen MR) is 80.6 cm³/mol. The molecule has 1 unspecified atom stereocenters. The Bertz CT molecular complexity index is 704. The van der Waals surface area contributed by atoms with E-state index in [1.807, 2.05) is 44.2 Å². The number of nitrogens with one attached hydrogen (secondary N) is 1. The van der Waals surface area contributed by atoms with Crippen molar-refractivity contribution in [2.45, 2.75) is 32.7 Å². The molecule has 1 aromatic carbocycles. The van der Waals surface area contributed by atoms with Gasteiger partial charge in [0, 0.05) is 0 Å². The summed E-state index contributed by atoms with van der Waals surface area (Å²) in [5.74, 6) is 0. The van der Waals surface area contributed by atoms with Crippen LogP contribution in [0.5, 0.6) is 0 Å². The average Bonchev–Trinajstić information content (AvgIpc) is 2.44. The third-order valence-corrected chi connectivity index (χ3v) is 3.67. The molecule has 20 heavy (non-hydrogen) atoms. The minimum Gasteiger partial charge on any atom is -0.297 e. The van der Waals surface area contributed by atoms with E-state index in [9.17, 15) is 9.59 Å². The van der Waals surface area contributed by atoms with Crippen LogP contribution < -0.4 is 11.2 Å². The van der Waals surface area contributed by atoms with Gasteiger partial charge in [-0.2, -0.15) is 0 Å². The normalized spacial score (nSPS) is 12.3. The molecule has 0 spiro atoms. The summed E-state index contributed by atoms with van der Waals surface area (Å²) in [6, 6.07) is 9.12. The zero-order valence-corrected chi connectivity index (χ0v) is 12.3. The highest BCUT2D eigenvalue weighted by atomic mass is 35.5. The molecule has 1 N–H and O–H groups in total. The maximum atomic E-state index is 12.5. The van der Waals surface area contributed by atoms with Crippen LogP contribution in [0.1, 0.15) is 37.4 Å². The highest BCUT2D eigenvalue weighted by Gasteiger charge is 2.17. The molecule has 5 heteroatoms. The van der Waals surface area contributed by atoms with E-state index in [4.69, 9.17) is 11.6 Å². The molecule has 1 aromatic heterocycles. The first-order valence-electron chi connectivity index (χ1n) is 6.64. The monoisotopic (exact) mass is 292 g/mol. The van der Waals surface area contributed by atoms with Crippen molar-refractivity contribution in [3.63, 3.8) is 0 Å². The van der Waals surface area contributed by atoms with E-state index >= 15 is 0 Å². The van der Waals surface area contributed by atoms with Gasteiger partial charge in [0.25, 0.3) is 5.56 Å². The van der Waals surface area contributed by atoms with Crippen molar-refractivity contribution < 1.29 is 0 Å². The van der Waals surface area contributed by atoms with Gasteiger partial charge in [0.15, 0.2) is 0 Å². The van der Waals surface area contributed by atoms with E-state index in [1.165, 1.54) is 4.57 Å². The second-order valence-electron chi connectivity index (χ2n) is 4.73. The summed E-state index contributed by atoms with van der Waals surface area (Å²) in [4.78, 5) is 27.1. The number of aromatic amines is 1. The van der Waals surface area contributed by atoms with Gasteiger partial charge in [-0.15, -0.1) is 0 Å². The minimum absolute atomic E-state index is 0.151. The summed E-state index contributed by atoms with van der Waals surface area (Å²) in [6.45, 7) is 3.79. The van der Waals surface area contributed by atoms with Gasteiger partial charge in [-0.3, -0.25) is 14.3 Å². The predicted octanol–water partition coefficient (Wildman–Crippen LogP) is 2.75. The molecular weight excluding hydrogens is 276 g/mol. The van der Waals surface area contributed by atoms with Gasteiger partial charge < -0.3 is 0 Å². The Hall–Kier alpha value is -1.81. The van der Waals surface area contributed by atoms with Gasteiger partial charge in [0.05, 0.1) is 11.6 Å². The molecule has 0 aliphatic heterocycles. The van der Waals surface area contributed by atoms with E-state index in [0.29, 0.717) is 12.0 Å². The van der Waals surface area contributed by atoms with Crippen molar-refractivity contribution in [3.8, 4) is 0 Å². The van der Waals surface area contributed by atoms with Crippen molar-refractivity contribution in [1.29, 1.82) is 0 Å². The molecule has 1 heterocycles. The zero-order valence-electron chi connectivity index (χ0n) is 11.5. The van der Waals surface area contributed by atoms with Crippen molar-refractivity contribution >= 4 is 11.6 Å². The Labute approximate surface area is 122 Å². The number of aromatic nitrogens is 2. The molecule has 106 valence electrons. The largest absolute Gasteiger partial charge is 0.330 e. The Morgan fingerprint density at radius 1 is 1.25 bits per heavy atom. The molecule has 0 aliphatic carbocycles. The second kappa shape index (κ2) is 6.09. The van der Waals surface area contributed by atoms with E-state index in [0.717, 1.165) is 12.0 Å². The van der Waals surface area contributed by atoms with Crippen molar-refractivity contribution in [2.24, 2.45) is 0 Å². The molecule has 0 bridgehead atoms. The first kappa shape index (κ1) is 14.6. The Morgan fingerprint density at radius 3 is 2.50 bits per heavy atom. The highest BCUT2D eigenvalue weighted by Crippen LogP contribution is 2.15. The molecule has 0 radical (unpaired) electrons. The topological polar surface area (TPSA) is 54.9 Å². The van der Waals surface area contributed by atoms with Crippen LogP contribution in [0, 0.1) is 0 Å². The van der Waals surface area contributed by atoms with E-state index in [-0.39, 0.29) is 16.8 Å². The number of rotatable bonds is 4. The number of nitrogens with zero attached hydrogens (tertiary/aromatic N) is 1. The van der Waals surface area contributed by atoms with Crippen LogP contribution in [0.3, 0.4) is 0 Å². The number of halogens is 1. The molecule has 0 saturated carbocycles. The van der Waals surface area contributed by atoms with Crippen LogP contribution in [0.2, 0.25) is 5.15 Å². The standard InChI is InChI=1S/C15H17ClN2O2/c1-3-7-12-13(16)17-15(20)18(14(12)19)10(2)11-8-5-4-6-9-11/h4-6,8-10H,3,7H2,1-2H3,(H,17,20). The highest BCUT2D eigenvalue weighted by molar-refractivity contribution is 6.30. The lowest BCUT2D eigenvalue weighted by Crippen LogP contribution is -2.39. The summed E-state index contributed by atoms with van der Waals surface area (Å²) in [5.41, 5.74) is 0.592. The smallest absolute Gasteiger partial charge is 0.297 e. The number of hydrogen-bond donors (Lipinski definition) is 1. The van der Waals surface area contributed by atoms with Gasteiger partial charge in [-0.25, -0.2) is 4.79 Å². The zero-order chi connectivity index (χ0) is 14.7. The van der Waals surface area contributed by atoms with Crippen LogP contribution in [0.15, 0.2) is 39.9 Å². The van der Waals surface area contributed by atoms with Crippen molar-refractivity contribution in [2.75, 3.05) is 0 Å². The maximum Gasteiger partial charge on any atom is 0.330 e. The van der Waals surface area contributed by atoms with Gasteiger partial charge >= 0.3 is 5.69 Å². The molecule has 0 saturated heterocycles. The van der Waals surface area contributed by atoms with E-state index in [2.05, 4.69) is 4.98 Å².